The Morgan fingerprint density at radius 1 is 0.632 bits per heavy atom. The Kier molecular flexibility index (Phi) is 16.3. The van der Waals surface area contributed by atoms with Gasteiger partial charge in [0.05, 0.1) is 52.2 Å². The molecule has 0 aliphatic carbocycles. The maximum Gasteiger partial charge on any atom is 0.0862 e. The van der Waals surface area contributed by atoms with E-state index in [9.17, 15) is 0 Å². The third-order valence-electron chi connectivity index (χ3n) is 2.07. The van der Waals surface area contributed by atoms with Gasteiger partial charge >= 0.3 is 0 Å². The molecule has 0 aliphatic heterocycles. The van der Waals surface area contributed by atoms with E-state index in [4.69, 9.17) is 23.7 Å². The molecule has 0 bridgehead atoms. The normalized spacial score (nSPS) is 11.7. The largest absolute Gasteiger partial charge is 0.473 e. The standard InChI is InChI=1S/C14H26O5/c1-15-11-13-18-9-5-3-7-17-8-4-6-10-19-14-12-16-2/h3-4,7-8H,5-6,9-14H2,1-2H3. The zero-order valence-corrected chi connectivity index (χ0v) is 12.0. The summed E-state index contributed by atoms with van der Waals surface area (Å²) in [5, 5.41) is 0. The molecule has 0 N–H and O–H groups in total. The molecule has 0 radical (unpaired) electrons. The first-order valence-electron chi connectivity index (χ1n) is 6.50. The van der Waals surface area contributed by atoms with Gasteiger partial charge in [0.25, 0.3) is 0 Å². The molecule has 0 saturated heterocycles. The van der Waals surface area contributed by atoms with Gasteiger partial charge < -0.3 is 23.7 Å². The molecule has 5 nitrogen and oxygen atoms in total. The van der Waals surface area contributed by atoms with Crippen LogP contribution in [0.15, 0.2) is 24.7 Å². The van der Waals surface area contributed by atoms with Crippen molar-refractivity contribution in [1.82, 2.24) is 0 Å². The van der Waals surface area contributed by atoms with Crippen molar-refractivity contribution in [3.05, 3.63) is 24.7 Å². The first-order valence-corrected chi connectivity index (χ1v) is 6.50. The molecular weight excluding hydrogens is 248 g/mol. The second-order valence-corrected chi connectivity index (χ2v) is 3.67. The molecule has 0 aromatic heterocycles. The Morgan fingerprint density at radius 3 is 1.53 bits per heavy atom. The van der Waals surface area contributed by atoms with Crippen LogP contribution in [-0.2, 0) is 23.7 Å². The van der Waals surface area contributed by atoms with Gasteiger partial charge in [0, 0.05) is 14.2 Å². The van der Waals surface area contributed by atoms with Crippen LogP contribution < -0.4 is 0 Å². The van der Waals surface area contributed by atoms with Crippen LogP contribution in [0.25, 0.3) is 0 Å². The highest BCUT2D eigenvalue weighted by atomic mass is 16.5. The number of hydrogen-bond acceptors (Lipinski definition) is 5. The van der Waals surface area contributed by atoms with Gasteiger partial charge in [0.15, 0.2) is 0 Å². The lowest BCUT2D eigenvalue weighted by atomic mass is 10.4. The van der Waals surface area contributed by atoms with Crippen LogP contribution in [0.4, 0.5) is 0 Å². The highest BCUT2D eigenvalue weighted by Crippen LogP contribution is 1.90. The SMILES string of the molecule is COCCOCCC=COC=CCCOCCOC. The number of methoxy groups -OCH3 is 2. The molecule has 0 unspecified atom stereocenters. The van der Waals surface area contributed by atoms with Crippen LogP contribution in [0, 0.1) is 0 Å². The van der Waals surface area contributed by atoms with Gasteiger partial charge in [0.2, 0.25) is 0 Å². The van der Waals surface area contributed by atoms with E-state index in [2.05, 4.69) is 0 Å². The predicted molar refractivity (Wildman–Crippen MR) is 74.0 cm³/mol. The minimum Gasteiger partial charge on any atom is -0.473 e. The smallest absolute Gasteiger partial charge is 0.0862 e. The van der Waals surface area contributed by atoms with E-state index in [1.54, 1.807) is 26.7 Å². The monoisotopic (exact) mass is 274 g/mol. The Morgan fingerprint density at radius 2 is 1.11 bits per heavy atom. The quantitative estimate of drug-likeness (QED) is 0.359. The molecule has 0 atom stereocenters. The van der Waals surface area contributed by atoms with E-state index in [1.807, 2.05) is 12.2 Å². The first-order chi connectivity index (χ1) is 9.41. The van der Waals surface area contributed by atoms with Crippen LogP contribution in [0.2, 0.25) is 0 Å². The third-order valence-corrected chi connectivity index (χ3v) is 2.07. The zero-order valence-electron chi connectivity index (χ0n) is 12.0. The summed E-state index contributed by atoms with van der Waals surface area (Å²) in [4.78, 5) is 0. The lowest BCUT2D eigenvalue weighted by Crippen LogP contribution is -2.02. The fourth-order valence-electron chi connectivity index (χ4n) is 1.08. The molecule has 0 aromatic rings. The van der Waals surface area contributed by atoms with Crippen molar-refractivity contribution in [2.24, 2.45) is 0 Å². The second-order valence-electron chi connectivity index (χ2n) is 3.67. The molecule has 0 heterocycles. The summed E-state index contributed by atoms with van der Waals surface area (Å²) in [5.74, 6) is 0. The lowest BCUT2D eigenvalue weighted by Gasteiger charge is -2.00. The second kappa shape index (κ2) is 17.1. The average Bonchev–Trinajstić information content (AvgIpc) is 2.43. The Hall–Kier alpha value is -0.880. The molecule has 0 rings (SSSR count). The topological polar surface area (TPSA) is 46.2 Å². The van der Waals surface area contributed by atoms with E-state index in [0.29, 0.717) is 39.6 Å². The minimum absolute atomic E-state index is 0.633. The first kappa shape index (κ1) is 18.1. The summed E-state index contributed by atoms with van der Waals surface area (Å²) in [6.07, 6.45) is 8.82. The molecule has 0 aromatic carbocycles. The molecule has 0 saturated carbocycles. The van der Waals surface area contributed by atoms with E-state index in [-0.39, 0.29) is 0 Å². The molecular formula is C14H26O5. The number of ether oxygens (including phenoxy) is 5. The molecule has 0 aliphatic rings. The van der Waals surface area contributed by atoms with Gasteiger partial charge in [-0.15, -0.1) is 0 Å². The Balaban J connectivity index is 3.14. The van der Waals surface area contributed by atoms with Crippen molar-refractivity contribution in [3.8, 4) is 0 Å². The summed E-state index contributed by atoms with van der Waals surface area (Å²) in [6, 6.07) is 0. The Labute approximate surface area is 116 Å². The van der Waals surface area contributed by atoms with E-state index < -0.39 is 0 Å². The van der Waals surface area contributed by atoms with Crippen LogP contribution in [-0.4, -0.2) is 53.9 Å². The van der Waals surface area contributed by atoms with Gasteiger partial charge in [0.1, 0.15) is 0 Å². The molecule has 19 heavy (non-hydrogen) atoms. The third kappa shape index (κ3) is 17.1. The summed E-state index contributed by atoms with van der Waals surface area (Å²) in [5.41, 5.74) is 0. The fourth-order valence-corrected chi connectivity index (χ4v) is 1.08. The van der Waals surface area contributed by atoms with Gasteiger partial charge in [-0.1, -0.05) is 0 Å². The molecule has 0 spiro atoms. The average molecular weight is 274 g/mol. The van der Waals surface area contributed by atoms with E-state index >= 15 is 0 Å². The predicted octanol–water partition coefficient (Wildman–Crippen LogP) is 2.14. The van der Waals surface area contributed by atoms with Crippen molar-refractivity contribution in [3.63, 3.8) is 0 Å². The summed E-state index contributed by atoms with van der Waals surface area (Å²) in [7, 11) is 3.32. The lowest BCUT2D eigenvalue weighted by molar-refractivity contribution is 0.0727. The fraction of sp³-hybridized carbons (Fsp3) is 0.714. The zero-order chi connectivity index (χ0) is 14.0. The number of hydrogen-bond donors (Lipinski definition) is 0. The molecule has 112 valence electrons. The van der Waals surface area contributed by atoms with Crippen LogP contribution in [0.1, 0.15) is 12.8 Å². The molecule has 0 amide bonds. The van der Waals surface area contributed by atoms with Crippen molar-refractivity contribution in [2.45, 2.75) is 12.8 Å². The van der Waals surface area contributed by atoms with Crippen LogP contribution in [0.3, 0.4) is 0 Å². The van der Waals surface area contributed by atoms with Crippen molar-refractivity contribution >= 4 is 0 Å². The van der Waals surface area contributed by atoms with Crippen molar-refractivity contribution in [2.75, 3.05) is 53.9 Å². The van der Waals surface area contributed by atoms with Crippen molar-refractivity contribution in [1.29, 1.82) is 0 Å². The van der Waals surface area contributed by atoms with E-state index in [1.165, 1.54) is 0 Å². The summed E-state index contributed by atoms with van der Waals surface area (Å²) < 4.78 is 25.5. The summed E-state index contributed by atoms with van der Waals surface area (Å²) in [6.45, 7) is 3.90. The maximum absolute atomic E-state index is 5.29. The molecule has 5 heteroatoms. The summed E-state index contributed by atoms with van der Waals surface area (Å²) >= 11 is 0. The maximum atomic E-state index is 5.29. The van der Waals surface area contributed by atoms with Crippen molar-refractivity contribution < 1.29 is 23.7 Å². The van der Waals surface area contributed by atoms with Gasteiger partial charge in [-0.25, -0.2) is 0 Å². The van der Waals surface area contributed by atoms with Gasteiger partial charge in [-0.05, 0) is 25.0 Å². The number of rotatable bonds is 14. The van der Waals surface area contributed by atoms with Crippen LogP contribution in [0.5, 0.6) is 0 Å². The highest BCUT2D eigenvalue weighted by Gasteiger charge is 1.86. The van der Waals surface area contributed by atoms with Crippen LogP contribution >= 0.6 is 0 Å². The highest BCUT2D eigenvalue weighted by molar-refractivity contribution is 4.79. The van der Waals surface area contributed by atoms with Gasteiger partial charge in [-0.3, -0.25) is 0 Å². The Bertz CT molecular complexity index is 194. The molecule has 0 fully saturated rings. The minimum atomic E-state index is 0.633. The van der Waals surface area contributed by atoms with E-state index in [0.717, 1.165) is 12.8 Å². The van der Waals surface area contributed by atoms with Gasteiger partial charge in [-0.2, -0.15) is 0 Å².